The van der Waals surface area contributed by atoms with Crippen LogP contribution in [-0.2, 0) is 0 Å². The van der Waals surface area contributed by atoms with Crippen molar-refractivity contribution >= 4 is 11.6 Å². The summed E-state index contributed by atoms with van der Waals surface area (Å²) >= 11 is 0. The third-order valence-electron chi connectivity index (χ3n) is 5.71. The lowest BCUT2D eigenvalue weighted by atomic mass is 10.0. The number of amides is 1. The average molecular weight is 410 g/mol. The van der Waals surface area contributed by atoms with Crippen LogP contribution in [-0.4, -0.2) is 51.1 Å². The Labute approximate surface area is 181 Å². The van der Waals surface area contributed by atoms with Gasteiger partial charge in [-0.3, -0.25) is 9.69 Å². The van der Waals surface area contributed by atoms with Crippen LogP contribution in [0, 0.1) is 0 Å². The molecule has 5 nitrogen and oxygen atoms in total. The molecule has 0 spiro atoms. The van der Waals surface area contributed by atoms with E-state index in [0.29, 0.717) is 18.7 Å². The van der Waals surface area contributed by atoms with Crippen LogP contribution in [0.2, 0.25) is 0 Å². The molecule has 0 unspecified atom stereocenters. The summed E-state index contributed by atoms with van der Waals surface area (Å²) in [6.45, 7) is 5.63. The van der Waals surface area contributed by atoms with Crippen LogP contribution in [0.15, 0.2) is 48.5 Å². The van der Waals surface area contributed by atoms with Gasteiger partial charge in [-0.25, -0.2) is 0 Å². The van der Waals surface area contributed by atoms with Crippen LogP contribution in [0.4, 0.5) is 5.69 Å². The number of rotatable bonds is 10. The number of benzene rings is 2. The van der Waals surface area contributed by atoms with Crippen molar-refractivity contribution in [3.05, 3.63) is 59.7 Å². The monoisotopic (exact) mass is 409 g/mol. The minimum atomic E-state index is -0.0378. The van der Waals surface area contributed by atoms with E-state index in [2.05, 4.69) is 46.3 Å². The molecule has 0 aliphatic carbocycles. The molecule has 1 heterocycles. The van der Waals surface area contributed by atoms with E-state index in [1.807, 2.05) is 38.4 Å². The largest absolute Gasteiger partial charge is 0.494 e. The maximum atomic E-state index is 12.7. The first-order valence-electron chi connectivity index (χ1n) is 11.1. The van der Waals surface area contributed by atoms with E-state index in [0.717, 1.165) is 31.7 Å². The molecule has 3 rings (SSSR count). The summed E-state index contributed by atoms with van der Waals surface area (Å²) in [7, 11) is 4.10. The van der Waals surface area contributed by atoms with Gasteiger partial charge in [0.15, 0.2) is 0 Å². The van der Waals surface area contributed by atoms with E-state index < -0.39 is 0 Å². The predicted molar refractivity (Wildman–Crippen MR) is 123 cm³/mol. The Hall–Kier alpha value is -2.53. The molecule has 162 valence electrons. The summed E-state index contributed by atoms with van der Waals surface area (Å²) < 4.78 is 5.69. The molecule has 0 radical (unpaired) electrons. The van der Waals surface area contributed by atoms with Crippen LogP contribution in [0.25, 0.3) is 0 Å². The van der Waals surface area contributed by atoms with Crippen LogP contribution in [0.5, 0.6) is 5.75 Å². The predicted octanol–water partition coefficient (Wildman–Crippen LogP) is 4.50. The summed E-state index contributed by atoms with van der Waals surface area (Å²) in [5.74, 6) is 0.778. The number of anilines is 1. The lowest BCUT2D eigenvalue weighted by Crippen LogP contribution is -2.36. The SMILES string of the molecule is CCCCOc1ccc(C(=O)NC[C@H](c2ccc(N(C)C)cc2)N2CCCC2)cc1. The standard InChI is InChI=1S/C25H35N3O2/c1-4-5-18-30-23-14-10-21(11-15-23)25(29)26-19-24(28-16-6-7-17-28)20-8-12-22(13-9-20)27(2)3/h8-15,24H,4-7,16-19H2,1-3H3,(H,26,29)/t24-/m1/s1. The van der Waals surface area contributed by atoms with Gasteiger partial charge in [0.2, 0.25) is 0 Å². The number of likely N-dealkylation sites (tertiary alicyclic amines) is 1. The molecule has 5 heteroatoms. The Morgan fingerprint density at radius 1 is 1.07 bits per heavy atom. The second-order valence-electron chi connectivity index (χ2n) is 8.18. The molecule has 1 saturated heterocycles. The highest BCUT2D eigenvalue weighted by Gasteiger charge is 2.24. The van der Waals surface area contributed by atoms with Gasteiger partial charge in [-0.05, 0) is 74.3 Å². The zero-order chi connectivity index (χ0) is 21.3. The highest BCUT2D eigenvalue weighted by molar-refractivity contribution is 5.94. The van der Waals surface area contributed by atoms with Crippen molar-refractivity contribution in [2.24, 2.45) is 0 Å². The summed E-state index contributed by atoms with van der Waals surface area (Å²) in [6.07, 6.45) is 4.59. The number of nitrogens with zero attached hydrogens (tertiary/aromatic N) is 2. The molecule has 30 heavy (non-hydrogen) atoms. The molecule has 1 fully saturated rings. The zero-order valence-electron chi connectivity index (χ0n) is 18.6. The Balaban J connectivity index is 1.62. The molecule has 1 atom stereocenters. The van der Waals surface area contributed by atoms with Gasteiger partial charge in [-0.1, -0.05) is 25.5 Å². The number of unbranched alkanes of at least 4 members (excludes halogenated alkanes) is 1. The quantitative estimate of drug-likeness (QED) is 0.587. The van der Waals surface area contributed by atoms with Crippen LogP contribution in [0.1, 0.15) is 54.6 Å². The Morgan fingerprint density at radius 3 is 2.33 bits per heavy atom. The molecule has 0 aromatic heterocycles. The van der Waals surface area contributed by atoms with E-state index in [1.54, 1.807) is 0 Å². The molecule has 0 saturated carbocycles. The minimum Gasteiger partial charge on any atom is -0.494 e. The summed E-state index contributed by atoms with van der Waals surface area (Å²) in [5, 5.41) is 3.15. The Morgan fingerprint density at radius 2 is 1.73 bits per heavy atom. The van der Waals surface area contributed by atoms with Gasteiger partial charge in [-0.15, -0.1) is 0 Å². The van der Waals surface area contributed by atoms with Crippen molar-refractivity contribution in [2.45, 2.75) is 38.6 Å². The van der Waals surface area contributed by atoms with Gasteiger partial charge in [0.1, 0.15) is 5.75 Å². The summed E-state index contributed by atoms with van der Waals surface area (Å²) in [4.78, 5) is 17.3. The van der Waals surface area contributed by atoms with Crippen LogP contribution in [0.3, 0.4) is 0 Å². The Bertz CT molecular complexity index is 781. The molecular formula is C25H35N3O2. The van der Waals surface area contributed by atoms with Gasteiger partial charge < -0.3 is 15.0 Å². The maximum Gasteiger partial charge on any atom is 0.251 e. The fourth-order valence-electron chi connectivity index (χ4n) is 3.83. The third kappa shape index (κ3) is 5.99. The van der Waals surface area contributed by atoms with Crippen molar-refractivity contribution in [1.29, 1.82) is 0 Å². The molecule has 1 N–H and O–H groups in total. The van der Waals surface area contributed by atoms with E-state index in [4.69, 9.17) is 4.74 Å². The molecule has 2 aromatic carbocycles. The van der Waals surface area contributed by atoms with E-state index in [9.17, 15) is 4.79 Å². The maximum absolute atomic E-state index is 12.7. The van der Waals surface area contributed by atoms with E-state index >= 15 is 0 Å². The van der Waals surface area contributed by atoms with Gasteiger partial charge in [0.25, 0.3) is 5.91 Å². The number of carbonyl (C=O) groups excluding carboxylic acids is 1. The summed E-state index contributed by atoms with van der Waals surface area (Å²) in [5.41, 5.74) is 3.10. The average Bonchev–Trinajstić information content (AvgIpc) is 3.29. The number of nitrogens with one attached hydrogen (secondary N) is 1. The second-order valence-corrected chi connectivity index (χ2v) is 8.18. The lowest BCUT2D eigenvalue weighted by molar-refractivity contribution is 0.0938. The highest BCUT2D eigenvalue weighted by atomic mass is 16.5. The van der Waals surface area contributed by atoms with Crippen molar-refractivity contribution in [2.75, 3.05) is 45.2 Å². The van der Waals surface area contributed by atoms with Gasteiger partial charge in [0, 0.05) is 31.9 Å². The molecule has 1 aliphatic rings. The van der Waals surface area contributed by atoms with Crippen molar-refractivity contribution in [1.82, 2.24) is 10.2 Å². The summed E-state index contributed by atoms with van der Waals surface area (Å²) in [6, 6.07) is 16.3. The molecular weight excluding hydrogens is 374 g/mol. The van der Waals surface area contributed by atoms with Crippen LogP contribution >= 0.6 is 0 Å². The number of hydrogen-bond acceptors (Lipinski definition) is 4. The minimum absolute atomic E-state index is 0.0378. The Kier molecular flexibility index (Phi) is 8.14. The molecule has 1 aliphatic heterocycles. The first-order valence-corrected chi connectivity index (χ1v) is 11.1. The van der Waals surface area contributed by atoms with Crippen molar-refractivity contribution < 1.29 is 9.53 Å². The van der Waals surface area contributed by atoms with Crippen molar-refractivity contribution in [3.63, 3.8) is 0 Å². The van der Waals surface area contributed by atoms with Crippen LogP contribution < -0.4 is 15.0 Å². The van der Waals surface area contributed by atoms with Gasteiger partial charge >= 0.3 is 0 Å². The lowest BCUT2D eigenvalue weighted by Gasteiger charge is -2.28. The highest BCUT2D eigenvalue weighted by Crippen LogP contribution is 2.26. The fraction of sp³-hybridized carbons (Fsp3) is 0.480. The number of carbonyl (C=O) groups is 1. The number of hydrogen-bond donors (Lipinski definition) is 1. The van der Waals surface area contributed by atoms with E-state index in [1.165, 1.54) is 24.1 Å². The first kappa shape index (κ1) is 22.2. The molecule has 1 amide bonds. The van der Waals surface area contributed by atoms with Crippen molar-refractivity contribution in [3.8, 4) is 5.75 Å². The first-order chi connectivity index (χ1) is 14.6. The molecule has 0 bridgehead atoms. The second kappa shape index (κ2) is 11.0. The van der Waals surface area contributed by atoms with Gasteiger partial charge in [-0.2, -0.15) is 0 Å². The molecule has 2 aromatic rings. The van der Waals surface area contributed by atoms with E-state index in [-0.39, 0.29) is 11.9 Å². The van der Waals surface area contributed by atoms with Gasteiger partial charge in [0.05, 0.1) is 12.6 Å². The number of ether oxygens (including phenoxy) is 1. The fourth-order valence-corrected chi connectivity index (χ4v) is 3.83. The third-order valence-corrected chi connectivity index (χ3v) is 5.71. The topological polar surface area (TPSA) is 44.8 Å². The normalized spacial score (nSPS) is 15.0. The smallest absolute Gasteiger partial charge is 0.251 e. The zero-order valence-corrected chi connectivity index (χ0v) is 18.6.